The summed E-state index contributed by atoms with van der Waals surface area (Å²) in [5.41, 5.74) is 3.40. The van der Waals surface area contributed by atoms with Crippen molar-refractivity contribution in [3.63, 3.8) is 0 Å². The van der Waals surface area contributed by atoms with E-state index in [2.05, 4.69) is 15.6 Å². The minimum absolute atomic E-state index is 0.166. The molecule has 0 aliphatic carbocycles. The van der Waals surface area contributed by atoms with Crippen LogP contribution >= 0.6 is 11.6 Å². The van der Waals surface area contributed by atoms with Crippen molar-refractivity contribution in [2.45, 2.75) is 13.8 Å². The lowest BCUT2D eigenvalue weighted by Crippen LogP contribution is -2.13. The predicted octanol–water partition coefficient (Wildman–Crippen LogP) is 4.34. The third kappa shape index (κ3) is 3.26. The zero-order chi connectivity index (χ0) is 17.3. The maximum absolute atomic E-state index is 12.7. The average molecular weight is 342 g/mol. The first-order valence-electron chi connectivity index (χ1n) is 7.41. The van der Waals surface area contributed by atoms with Gasteiger partial charge in [0.2, 0.25) is 5.91 Å². The lowest BCUT2D eigenvalue weighted by Gasteiger charge is -2.08. The molecule has 0 saturated carbocycles. The molecule has 0 spiro atoms. The van der Waals surface area contributed by atoms with Gasteiger partial charge in [-0.25, -0.2) is 0 Å². The summed E-state index contributed by atoms with van der Waals surface area (Å²) in [6.45, 7) is 3.28. The van der Waals surface area contributed by atoms with E-state index in [0.717, 1.165) is 16.6 Å². The van der Waals surface area contributed by atoms with Gasteiger partial charge in [-0.3, -0.25) is 9.59 Å². The van der Waals surface area contributed by atoms with E-state index in [1.807, 2.05) is 13.0 Å². The molecule has 1 heterocycles. The van der Waals surface area contributed by atoms with Crippen LogP contribution in [0, 0.1) is 6.92 Å². The third-order valence-electron chi connectivity index (χ3n) is 3.62. The summed E-state index contributed by atoms with van der Waals surface area (Å²) in [7, 11) is 0. The van der Waals surface area contributed by atoms with Gasteiger partial charge in [0.15, 0.2) is 0 Å². The van der Waals surface area contributed by atoms with Gasteiger partial charge in [-0.15, -0.1) is 0 Å². The van der Waals surface area contributed by atoms with Crippen molar-refractivity contribution < 1.29 is 9.59 Å². The van der Waals surface area contributed by atoms with Crippen molar-refractivity contribution in [1.82, 2.24) is 4.98 Å². The van der Waals surface area contributed by atoms with Gasteiger partial charge in [0.05, 0.1) is 5.56 Å². The normalized spacial score (nSPS) is 10.6. The smallest absolute Gasteiger partial charge is 0.258 e. The number of rotatable bonds is 3. The molecule has 6 heteroatoms. The zero-order valence-corrected chi connectivity index (χ0v) is 14.0. The molecule has 5 nitrogen and oxygen atoms in total. The van der Waals surface area contributed by atoms with Gasteiger partial charge >= 0.3 is 0 Å². The van der Waals surface area contributed by atoms with E-state index in [1.165, 1.54) is 6.92 Å². The molecule has 122 valence electrons. The molecule has 2 amide bonds. The molecule has 3 rings (SSSR count). The Hall–Kier alpha value is -2.79. The van der Waals surface area contributed by atoms with Crippen molar-refractivity contribution in [2.75, 3.05) is 10.6 Å². The van der Waals surface area contributed by atoms with Crippen LogP contribution in [0.15, 0.2) is 42.5 Å². The molecule has 3 aromatic rings. The topological polar surface area (TPSA) is 74.0 Å². The van der Waals surface area contributed by atoms with Gasteiger partial charge in [0.1, 0.15) is 0 Å². The second kappa shape index (κ2) is 6.37. The number of aryl methyl sites for hydroxylation is 1. The lowest BCUT2D eigenvalue weighted by atomic mass is 10.1. The van der Waals surface area contributed by atoms with Crippen molar-refractivity contribution in [2.24, 2.45) is 0 Å². The standard InChI is InChI=1S/C18H16ClN3O2/c1-10-17(15-8-12(19)6-7-16(15)20-10)18(24)22-14-5-3-4-13(9-14)21-11(2)23/h3-9,20H,1-2H3,(H,21,23)(H,22,24). The third-order valence-corrected chi connectivity index (χ3v) is 3.85. The minimum atomic E-state index is -0.235. The number of hydrogen-bond donors (Lipinski definition) is 3. The largest absolute Gasteiger partial charge is 0.358 e. The van der Waals surface area contributed by atoms with Crippen molar-refractivity contribution in [3.05, 3.63) is 58.7 Å². The monoisotopic (exact) mass is 341 g/mol. The Morgan fingerprint density at radius 2 is 1.75 bits per heavy atom. The Balaban J connectivity index is 1.92. The van der Waals surface area contributed by atoms with Gasteiger partial charge in [-0.05, 0) is 43.3 Å². The molecule has 0 bridgehead atoms. The Morgan fingerprint density at radius 1 is 1.04 bits per heavy atom. The Bertz CT molecular complexity index is 947. The predicted molar refractivity (Wildman–Crippen MR) is 96.7 cm³/mol. The van der Waals surface area contributed by atoms with Gasteiger partial charge < -0.3 is 15.6 Å². The van der Waals surface area contributed by atoms with Crippen LogP contribution in [0.25, 0.3) is 10.9 Å². The number of H-pyrrole nitrogens is 1. The number of aromatic nitrogens is 1. The fourth-order valence-electron chi connectivity index (χ4n) is 2.66. The first-order valence-corrected chi connectivity index (χ1v) is 7.78. The maximum Gasteiger partial charge on any atom is 0.258 e. The molecule has 0 unspecified atom stereocenters. The van der Waals surface area contributed by atoms with Gasteiger partial charge in [-0.2, -0.15) is 0 Å². The van der Waals surface area contributed by atoms with E-state index in [4.69, 9.17) is 11.6 Å². The number of anilines is 2. The average Bonchev–Trinajstić information content (AvgIpc) is 2.82. The van der Waals surface area contributed by atoms with Crippen LogP contribution in [-0.4, -0.2) is 16.8 Å². The van der Waals surface area contributed by atoms with Crippen LogP contribution in [0.1, 0.15) is 23.0 Å². The fourth-order valence-corrected chi connectivity index (χ4v) is 2.84. The number of carbonyl (C=O) groups excluding carboxylic acids is 2. The van der Waals surface area contributed by atoms with Crippen LogP contribution < -0.4 is 10.6 Å². The van der Waals surface area contributed by atoms with Gasteiger partial charge in [0.25, 0.3) is 5.91 Å². The number of amides is 2. The molecule has 0 aliphatic rings. The summed E-state index contributed by atoms with van der Waals surface area (Å²) >= 11 is 6.05. The van der Waals surface area contributed by atoms with Gasteiger partial charge in [-0.1, -0.05) is 17.7 Å². The second-order valence-electron chi connectivity index (χ2n) is 5.53. The highest BCUT2D eigenvalue weighted by Gasteiger charge is 2.16. The number of fused-ring (bicyclic) bond motifs is 1. The first-order chi connectivity index (χ1) is 11.4. The van der Waals surface area contributed by atoms with Crippen LogP contribution in [0.5, 0.6) is 0 Å². The number of carbonyl (C=O) groups is 2. The number of hydrogen-bond acceptors (Lipinski definition) is 2. The highest BCUT2D eigenvalue weighted by Crippen LogP contribution is 2.26. The van der Waals surface area contributed by atoms with Crippen LogP contribution in [0.4, 0.5) is 11.4 Å². The summed E-state index contributed by atoms with van der Waals surface area (Å²) in [5, 5.41) is 6.89. The van der Waals surface area contributed by atoms with E-state index >= 15 is 0 Å². The summed E-state index contributed by atoms with van der Waals surface area (Å²) in [4.78, 5) is 27.0. The quantitative estimate of drug-likeness (QED) is 0.663. The van der Waals surface area contributed by atoms with E-state index in [9.17, 15) is 9.59 Å². The molecule has 1 aromatic heterocycles. The first kappa shape index (κ1) is 16.1. The second-order valence-corrected chi connectivity index (χ2v) is 5.97. The zero-order valence-electron chi connectivity index (χ0n) is 13.2. The molecule has 0 aliphatic heterocycles. The molecule has 0 saturated heterocycles. The molecule has 0 fully saturated rings. The molecular formula is C18H16ClN3O2. The Kier molecular flexibility index (Phi) is 4.27. The van der Waals surface area contributed by atoms with Crippen molar-refractivity contribution >= 4 is 45.7 Å². The molecule has 0 radical (unpaired) electrons. The van der Waals surface area contributed by atoms with Crippen LogP contribution in [-0.2, 0) is 4.79 Å². The van der Waals surface area contributed by atoms with Gasteiger partial charge in [0, 0.05) is 39.9 Å². The van der Waals surface area contributed by atoms with Crippen LogP contribution in [0.3, 0.4) is 0 Å². The van der Waals surface area contributed by atoms with E-state index in [-0.39, 0.29) is 11.8 Å². The van der Waals surface area contributed by atoms with Crippen molar-refractivity contribution in [1.29, 1.82) is 0 Å². The molecule has 24 heavy (non-hydrogen) atoms. The number of nitrogens with one attached hydrogen (secondary N) is 3. The SMILES string of the molecule is CC(=O)Nc1cccc(NC(=O)c2c(C)[nH]c3ccc(Cl)cc23)c1. The fraction of sp³-hybridized carbons (Fsp3) is 0.111. The number of aromatic amines is 1. The number of benzene rings is 2. The Morgan fingerprint density at radius 3 is 2.46 bits per heavy atom. The van der Waals surface area contributed by atoms with E-state index in [1.54, 1.807) is 36.4 Å². The van der Waals surface area contributed by atoms with E-state index in [0.29, 0.717) is 22.0 Å². The van der Waals surface area contributed by atoms with Crippen LogP contribution in [0.2, 0.25) is 5.02 Å². The highest BCUT2D eigenvalue weighted by atomic mass is 35.5. The number of halogens is 1. The maximum atomic E-state index is 12.7. The summed E-state index contributed by atoms with van der Waals surface area (Å²) in [5.74, 6) is -0.401. The summed E-state index contributed by atoms with van der Waals surface area (Å²) < 4.78 is 0. The lowest BCUT2D eigenvalue weighted by molar-refractivity contribution is -0.114. The highest BCUT2D eigenvalue weighted by molar-refractivity contribution is 6.31. The van der Waals surface area contributed by atoms with Crippen molar-refractivity contribution in [3.8, 4) is 0 Å². The molecule has 2 aromatic carbocycles. The Labute approximate surface area is 144 Å². The minimum Gasteiger partial charge on any atom is -0.358 e. The van der Waals surface area contributed by atoms with E-state index < -0.39 is 0 Å². The molecule has 0 atom stereocenters. The summed E-state index contributed by atoms with van der Waals surface area (Å²) in [6.07, 6.45) is 0. The summed E-state index contributed by atoms with van der Waals surface area (Å²) in [6, 6.07) is 12.4. The molecular weight excluding hydrogens is 326 g/mol. The molecule has 3 N–H and O–H groups in total.